The van der Waals surface area contributed by atoms with E-state index >= 15 is 0 Å². The lowest BCUT2D eigenvalue weighted by Gasteiger charge is -2.08. The van der Waals surface area contributed by atoms with Crippen LogP contribution in [-0.4, -0.2) is 18.5 Å². The highest BCUT2D eigenvalue weighted by Gasteiger charge is 2.11. The second-order valence-corrected chi connectivity index (χ2v) is 3.71. The molecule has 2 aromatic rings. The SMILES string of the molecule is COc1ccc(-c2cccc(C=O)c2O)cc1F. The number of phenols is 1. The third-order valence-electron chi connectivity index (χ3n) is 2.66. The number of hydrogen-bond acceptors (Lipinski definition) is 3. The number of hydrogen-bond donors (Lipinski definition) is 1. The van der Waals surface area contributed by atoms with Crippen LogP contribution >= 0.6 is 0 Å². The van der Waals surface area contributed by atoms with Gasteiger partial charge in [0.15, 0.2) is 17.9 Å². The molecule has 3 nitrogen and oxygen atoms in total. The van der Waals surface area contributed by atoms with Gasteiger partial charge in [0.25, 0.3) is 0 Å². The average Bonchev–Trinajstić information content (AvgIpc) is 2.39. The maximum atomic E-state index is 13.6. The highest BCUT2D eigenvalue weighted by Crippen LogP contribution is 2.33. The molecule has 0 unspecified atom stereocenters. The van der Waals surface area contributed by atoms with Crippen LogP contribution in [0.2, 0.25) is 0 Å². The summed E-state index contributed by atoms with van der Waals surface area (Å²) in [6.07, 6.45) is 0.554. The number of methoxy groups -OCH3 is 1. The van der Waals surface area contributed by atoms with Gasteiger partial charge in [-0.2, -0.15) is 0 Å². The van der Waals surface area contributed by atoms with Gasteiger partial charge in [0.2, 0.25) is 0 Å². The lowest BCUT2D eigenvalue weighted by Crippen LogP contribution is -1.90. The van der Waals surface area contributed by atoms with Gasteiger partial charge < -0.3 is 9.84 Å². The van der Waals surface area contributed by atoms with E-state index in [9.17, 15) is 14.3 Å². The summed E-state index contributed by atoms with van der Waals surface area (Å²) < 4.78 is 18.4. The molecule has 0 amide bonds. The second-order valence-electron chi connectivity index (χ2n) is 3.71. The van der Waals surface area contributed by atoms with Gasteiger partial charge in [-0.25, -0.2) is 4.39 Å². The molecule has 0 spiro atoms. The number of benzene rings is 2. The molecule has 0 aliphatic carbocycles. The molecule has 0 bridgehead atoms. The van der Waals surface area contributed by atoms with Crippen molar-refractivity contribution in [2.75, 3.05) is 7.11 Å². The van der Waals surface area contributed by atoms with Crippen molar-refractivity contribution in [3.8, 4) is 22.6 Å². The summed E-state index contributed by atoms with van der Waals surface area (Å²) in [5.41, 5.74) is 1.05. The predicted octanol–water partition coefficient (Wildman–Crippen LogP) is 3.02. The van der Waals surface area contributed by atoms with E-state index in [1.54, 1.807) is 18.2 Å². The molecule has 2 aromatic carbocycles. The van der Waals surface area contributed by atoms with Gasteiger partial charge in [-0.1, -0.05) is 18.2 Å². The van der Waals surface area contributed by atoms with E-state index in [-0.39, 0.29) is 17.1 Å². The van der Waals surface area contributed by atoms with Gasteiger partial charge >= 0.3 is 0 Å². The fraction of sp³-hybridized carbons (Fsp3) is 0.0714. The van der Waals surface area contributed by atoms with E-state index in [0.717, 1.165) is 0 Å². The van der Waals surface area contributed by atoms with E-state index in [1.165, 1.54) is 25.3 Å². The Labute approximate surface area is 103 Å². The van der Waals surface area contributed by atoms with Crippen LogP contribution in [0.4, 0.5) is 4.39 Å². The maximum absolute atomic E-state index is 13.6. The monoisotopic (exact) mass is 246 g/mol. The summed E-state index contributed by atoms with van der Waals surface area (Å²) in [5.74, 6) is -0.548. The molecule has 2 rings (SSSR count). The van der Waals surface area contributed by atoms with Crippen molar-refractivity contribution in [3.05, 3.63) is 47.8 Å². The Balaban J connectivity index is 2.55. The fourth-order valence-electron chi connectivity index (χ4n) is 1.72. The van der Waals surface area contributed by atoms with Crippen molar-refractivity contribution in [2.45, 2.75) is 0 Å². The third kappa shape index (κ3) is 2.05. The molecule has 0 aliphatic heterocycles. The number of ether oxygens (including phenoxy) is 1. The zero-order valence-corrected chi connectivity index (χ0v) is 9.68. The van der Waals surface area contributed by atoms with Crippen LogP contribution in [0.15, 0.2) is 36.4 Å². The fourth-order valence-corrected chi connectivity index (χ4v) is 1.72. The van der Waals surface area contributed by atoms with Crippen molar-refractivity contribution in [3.63, 3.8) is 0 Å². The first-order valence-electron chi connectivity index (χ1n) is 5.28. The zero-order chi connectivity index (χ0) is 13.1. The summed E-state index contributed by atoms with van der Waals surface area (Å²) in [7, 11) is 1.38. The van der Waals surface area contributed by atoms with Gasteiger partial charge in [-0.3, -0.25) is 4.79 Å². The molecule has 18 heavy (non-hydrogen) atoms. The number of rotatable bonds is 3. The first-order valence-corrected chi connectivity index (χ1v) is 5.28. The van der Waals surface area contributed by atoms with Gasteiger partial charge in [0, 0.05) is 5.56 Å². The smallest absolute Gasteiger partial charge is 0.165 e. The third-order valence-corrected chi connectivity index (χ3v) is 2.66. The second kappa shape index (κ2) is 4.87. The van der Waals surface area contributed by atoms with E-state index in [0.29, 0.717) is 17.4 Å². The van der Waals surface area contributed by atoms with E-state index in [2.05, 4.69) is 0 Å². The summed E-state index contributed by atoms with van der Waals surface area (Å²) in [5, 5.41) is 9.87. The summed E-state index contributed by atoms with van der Waals surface area (Å²) in [6.45, 7) is 0. The number of carbonyl (C=O) groups excluding carboxylic acids is 1. The Morgan fingerprint density at radius 1 is 1.28 bits per heavy atom. The van der Waals surface area contributed by atoms with Gasteiger partial charge in [-0.05, 0) is 23.8 Å². The van der Waals surface area contributed by atoms with Crippen LogP contribution in [-0.2, 0) is 0 Å². The molecule has 0 saturated carbocycles. The van der Waals surface area contributed by atoms with Crippen LogP contribution in [0, 0.1) is 5.82 Å². The molecule has 0 saturated heterocycles. The van der Waals surface area contributed by atoms with Crippen molar-refractivity contribution >= 4 is 6.29 Å². The Morgan fingerprint density at radius 3 is 2.67 bits per heavy atom. The minimum Gasteiger partial charge on any atom is -0.507 e. The molecule has 0 atom stereocenters. The lowest BCUT2D eigenvalue weighted by molar-refractivity contribution is 0.112. The maximum Gasteiger partial charge on any atom is 0.165 e. The summed E-state index contributed by atoms with van der Waals surface area (Å²) >= 11 is 0. The van der Waals surface area contributed by atoms with Crippen LogP contribution in [0.1, 0.15) is 10.4 Å². The van der Waals surface area contributed by atoms with Crippen LogP contribution in [0.25, 0.3) is 11.1 Å². The quantitative estimate of drug-likeness (QED) is 0.847. The van der Waals surface area contributed by atoms with Crippen molar-refractivity contribution in [1.29, 1.82) is 0 Å². The van der Waals surface area contributed by atoms with E-state index < -0.39 is 5.82 Å². The number of para-hydroxylation sites is 1. The standard InChI is InChI=1S/C14H11FO3/c1-18-13-6-5-9(7-12(13)15)11-4-2-3-10(8-16)14(11)17/h2-8,17H,1H3. The van der Waals surface area contributed by atoms with Crippen LogP contribution in [0.5, 0.6) is 11.5 Å². The van der Waals surface area contributed by atoms with E-state index in [1.807, 2.05) is 0 Å². The Bertz CT molecular complexity index is 594. The molecule has 0 heterocycles. The molecular formula is C14H11FO3. The number of halogens is 1. The largest absolute Gasteiger partial charge is 0.507 e. The molecule has 1 N–H and O–H groups in total. The topological polar surface area (TPSA) is 46.5 Å². The van der Waals surface area contributed by atoms with Crippen molar-refractivity contribution < 1.29 is 19.0 Å². The zero-order valence-electron chi connectivity index (χ0n) is 9.68. The first kappa shape index (κ1) is 12.1. The average molecular weight is 246 g/mol. The predicted molar refractivity (Wildman–Crippen MR) is 65.4 cm³/mol. The molecule has 0 aromatic heterocycles. The number of phenolic OH excluding ortho intramolecular Hbond substituents is 1. The number of aldehydes is 1. The minimum atomic E-state index is -0.522. The van der Waals surface area contributed by atoms with Crippen molar-refractivity contribution in [1.82, 2.24) is 0 Å². The normalized spacial score (nSPS) is 10.1. The Hall–Kier alpha value is -2.36. The molecule has 0 aliphatic rings. The molecule has 4 heteroatoms. The molecule has 0 fully saturated rings. The molecular weight excluding hydrogens is 235 g/mol. The van der Waals surface area contributed by atoms with E-state index in [4.69, 9.17) is 4.74 Å². The highest BCUT2D eigenvalue weighted by atomic mass is 19.1. The minimum absolute atomic E-state index is 0.129. The van der Waals surface area contributed by atoms with Gasteiger partial charge in [0.1, 0.15) is 5.75 Å². The first-order chi connectivity index (χ1) is 8.67. The number of aromatic hydroxyl groups is 1. The molecule has 0 radical (unpaired) electrons. The van der Waals surface area contributed by atoms with Crippen LogP contribution in [0.3, 0.4) is 0 Å². The lowest BCUT2D eigenvalue weighted by atomic mass is 10.0. The number of carbonyl (C=O) groups is 1. The van der Waals surface area contributed by atoms with Gasteiger partial charge in [0.05, 0.1) is 12.7 Å². The van der Waals surface area contributed by atoms with Gasteiger partial charge in [-0.15, -0.1) is 0 Å². The summed E-state index contributed by atoms with van der Waals surface area (Å²) in [4.78, 5) is 10.7. The highest BCUT2D eigenvalue weighted by molar-refractivity contribution is 5.85. The Kier molecular flexibility index (Phi) is 3.28. The van der Waals surface area contributed by atoms with Crippen molar-refractivity contribution in [2.24, 2.45) is 0 Å². The molecule has 92 valence electrons. The Morgan fingerprint density at radius 2 is 2.06 bits per heavy atom. The van der Waals surface area contributed by atoms with Crippen LogP contribution < -0.4 is 4.74 Å². The summed E-state index contributed by atoms with van der Waals surface area (Å²) in [6, 6.07) is 9.07.